The molecule has 0 aromatic heterocycles. The van der Waals surface area contributed by atoms with Crippen molar-refractivity contribution in [3.05, 3.63) is 30.3 Å². The van der Waals surface area contributed by atoms with Crippen molar-refractivity contribution in [2.45, 2.75) is 18.2 Å². The highest BCUT2D eigenvalue weighted by Gasteiger charge is 2.53. The number of amides is 1. The van der Waals surface area contributed by atoms with Crippen molar-refractivity contribution < 1.29 is 14.3 Å². The van der Waals surface area contributed by atoms with Gasteiger partial charge in [0.2, 0.25) is 4.87 Å². The van der Waals surface area contributed by atoms with Crippen LogP contribution in [0.1, 0.15) is 13.3 Å². The predicted octanol–water partition coefficient (Wildman–Crippen LogP) is 1.96. The van der Waals surface area contributed by atoms with Gasteiger partial charge in [-0.2, -0.15) is 0 Å². The Bertz CT molecular complexity index is 463. The fourth-order valence-electron chi connectivity index (χ4n) is 1.98. The number of para-hydroxylation sites is 1. The summed E-state index contributed by atoms with van der Waals surface area (Å²) < 4.78 is 4.87. The Morgan fingerprint density at radius 1 is 1.44 bits per heavy atom. The van der Waals surface area contributed by atoms with Gasteiger partial charge in [0.25, 0.3) is 5.91 Å². The molecule has 0 bridgehead atoms. The van der Waals surface area contributed by atoms with Crippen molar-refractivity contribution in [3.63, 3.8) is 0 Å². The number of alkyl halides is 1. The Hall–Kier alpha value is -1.55. The molecule has 1 aliphatic heterocycles. The van der Waals surface area contributed by atoms with Crippen molar-refractivity contribution in [2.75, 3.05) is 18.1 Å². The second-order valence-corrected chi connectivity index (χ2v) is 4.71. The predicted molar refractivity (Wildman–Crippen MR) is 68.6 cm³/mol. The lowest BCUT2D eigenvalue weighted by molar-refractivity contribution is -0.148. The van der Waals surface area contributed by atoms with Crippen molar-refractivity contribution in [3.8, 4) is 0 Å². The first kappa shape index (κ1) is 12.9. The Morgan fingerprint density at radius 3 is 2.72 bits per heavy atom. The van der Waals surface area contributed by atoms with E-state index in [4.69, 9.17) is 16.3 Å². The molecule has 18 heavy (non-hydrogen) atoms. The van der Waals surface area contributed by atoms with Gasteiger partial charge in [-0.15, -0.1) is 0 Å². The molecule has 0 spiro atoms. The zero-order valence-corrected chi connectivity index (χ0v) is 10.8. The van der Waals surface area contributed by atoms with Crippen LogP contribution >= 0.6 is 11.6 Å². The number of nitrogens with zero attached hydrogens (tertiary/aromatic N) is 1. The standard InChI is InChI=1S/C13H14ClNO3/c1-2-18-12(17)13(14)8-9-15(11(13)16)10-6-4-3-5-7-10/h3-7H,2,8-9H2,1H3. The van der Waals surface area contributed by atoms with Crippen molar-refractivity contribution in [1.82, 2.24) is 0 Å². The van der Waals surface area contributed by atoms with Crippen LogP contribution in [0.5, 0.6) is 0 Å². The molecule has 0 N–H and O–H groups in total. The summed E-state index contributed by atoms with van der Waals surface area (Å²) in [6, 6.07) is 9.16. The average Bonchev–Trinajstić information content (AvgIpc) is 2.69. The van der Waals surface area contributed by atoms with E-state index < -0.39 is 16.8 Å². The summed E-state index contributed by atoms with van der Waals surface area (Å²) >= 11 is 6.13. The second kappa shape index (κ2) is 4.98. The molecule has 1 amide bonds. The van der Waals surface area contributed by atoms with Crippen LogP contribution in [0.2, 0.25) is 0 Å². The van der Waals surface area contributed by atoms with E-state index in [1.165, 1.54) is 4.90 Å². The Kier molecular flexibility index (Phi) is 3.57. The van der Waals surface area contributed by atoms with Gasteiger partial charge >= 0.3 is 5.97 Å². The molecule has 1 aliphatic rings. The third-order valence-corrected chi connectivity index (χ3v) is 3.44. The minimum absolute atomic E-state index is 0.214. The van der Waals surface area contributed by atoms with Gasteiger partial charge in [-0.25, -0.2) is 4.79 Å². The molecular formula is C13H14ClNO3. The molecule has 1 fully saturated rings. The second-order valence-electron chi connectivity index (χ2n) is 4.06. The highest BCUT2D eigenvalue weighted by molar-refractivity contribution is 6.48. The summed E-state index contributed by atoms with van der Waals surface area (Å²) in [7, 11) is 0. The average molecular weight is 268 g/mol. The maximum atomic E-state index is 12.2. The highest BCUT2D eigenvalue weighted by Crippen LogP contribution is 2.34. The summed E-state index contributed by atoms with van der Waals surface area (Å²) in [5, 5.41) is 0. The van der Waals surface area contributed by atoms with Crippen LogP contribution in [0.4, 0.5) is 5.69 Å². The largest absolute Gasteiger partial charge is 0.464 e. The van der Waals surface area contributed by atoms with E-state index in [0.717, 1.165) is 5.69 Å². The first-order chi connectivity index (χ1) is 8.59. The maximum Gasteiger partial charge on any atom is 0.337 e. The van der Waals surface area contributed by atoms with Gasteiger partial charge in [0.05, 0.1) is 6.61 Å². The van der Waals surface area contributed by atoms with Gasteiger partial charge in [-0.3, -0.25) is 4.79 Å². The molecule has 1 aromatic carbocycles. The van der Waals surface area contributed by atoms with Crippen LogP contribution in [0.3, 0.4) is 0 Å². The smallest absolute Gasteiger partial charge is 0.337 e. The number of esters is 1. The first-order valence-corrected chi connectivity index (χ1v) is 6.20. The number of hydrogen-bond acceptors (Lipinski definition) is 3. The van der Waals surface area contributed by atoms with Crippen LogP contribution in [0.15, 0.2) is 30.3 Å². The molecule has 1 atom stereocenters. The molecular weight excluding hydrogens is 254 g/mol. The first-order valence-electron chi connectivity index (χ1n) is 5.82. The quantitative estimate of drug-likeness (QED) is 0.478. The van der Waals surface area contributed by atoms with Gasteiger partial charge in [0, 0.05) is 18.7 Å². The van der Waals surface area contributed by atoms with Crippen LogP contribution in [0.25, 0.3) is 0 Å². The Labute approximate surface area is 110 Å². The van der Waals surface area contributed by atoms with Gasteiger partial charge in [0.15, 0.2) is 0 Å². The lowest BCUT2D eigenvalue weighted by Crippen LogP contribution is -2.43. The molecule has 5 heteroatoms. The number of benzene rings is 1. The molecule has 1 saturated heterocycles. The summed E-state index contributed by atoms with van der Waals surface area (Å²) in [5.74, 6) is -1.07. The molecule has 4 nitrogen and oxygen atoms in total. The number of halogens is 1. The normalized spacial score (nSPS) is 23.2. The minimum Gasteiger partial charge on any atom is -0.464 e. The summed E-state index contributed by atoms with van der Waals surface area (Å²) in [6.07, 6.45) is 0.265. The molecule has 0 saturated carbocycles. The van der Waals surface area contributed by atoms with Gasteiger partial charge in [-0.1, -0.05) is 29.8 Å². The lowest BCUT2D eigenvalue weighted by Gasteiger charge is -2.20. The monoisotopic (exact) mass is 267 g/mol. The fraction of sp³-hybridized carbons (Fsp3) is 0.385. The van der Waals surface area contributed by atoms with Crippen molar-refractivity contribution >= 4 is 29.2 Å². The van der Waals surface area contributed by atoms with Gasteiger partial charge < -0.3 is 9.64 Å². The van der Waals surface area contributed by atoms with E-state index in [1.807, 2.05) is 30.3 Å². The number of hydrogen-bond donors (Lipinski definition) is 0. The Balaban J connectivity index is 2.22. The third-order valence-electron chi connectivity index (χ3n) is 2.93. The van der Waals surface area contributed by atoms with Crippen molar-refractivity contribution in [2.24, 2.45) is 0 Å². The van der Waals surface area contributed by atoms with E-state index in [9.17, 15) is 9.59 Å². The molecule has 96 valence electrons. The summed E-state index contributed by atoms with van der Waals surface area (Å²) in [4.78, 5) is 23.9. The van der Waals surface area contributed by atoms with Crippen LogP contribution in [-0.2, 0) is 14.3 Å². The Morgan fingerprint density at radius 2 is 2.11 bits per heavy atom. The van der Waals surface area contributed by atoms with Crippen LogP contribution in [0, 0.1) is 0 Å². The van der Waals surface area contributed by atoms with E-state index in [2.05, 4.69) is 0 Å². The lowest BCUT2D eigenvalue weighted by atomic mass is 10.1. The molecule has 1 unspecified atom stereocenters. The number of anilines is 1. The number of carbonyl (C=O) groups excluding carboxylic acids is 2. The molecule has 1 aromatic rings. The SMILES string of the molecule is CCOC(=O)C1(Cl)CCN(c2ccccc2)C1=O. The third kappa shape index (κ3) is 2.08. The van der Waals surface area contributed by atoms with E-state index >= 15 is 0 Å². The molecule has 2 rings (SSSR count). The zero-order chi connectivity index (χ0) is 13.2. The highest BCUT2D eigenvalue weighted by atomic mass is 35.5. The van der Waals surface area contributed by atoms with Crippen LogP contribution < -0.4 is 4.90 Å². The summed E-state index contributed by atoms with van der Waals surface area (Å²) in [5.41, 5.74) is 0.745. The van der Waals surface area contributed by atoms with Crippen LogP contribution in [-0.4, -0.2) is 29.9 Å². The van der Waals surface area contributed by atoms with E-state index in [0.29, 0.717) is 6.54 Å². The number of carbonyl (C=O) groups is 2. The minimum atomic E-state index is -1.56. The van der Waals surface area contributed by atoms with Gasteiger partial charge in [-0.05, 0) is 19.1 Å². The number of ether oxygens (including phenoxy) is 1. The van der Waals surface area contributed by atoms with E-state index in [1.54, 1.807) is 6.92 Å². The van der Waals surface area contributed by atoms with Gasteiger partial charge in [0.1, 0.15) is 0 Å². The molecule has 0 aliphatic carbocycles. The molecule has 1 heterocycles. The number of rotatable bonds is 3. The molecule has 0 radical (unpaired) electrons. The maximum absolute atomic E-state index is 12.2. The summed E-state index contributed by atoms with van der Waals surface area (Å²) in [6.45, 7) is 2.32. The topological polar surface area (TPSA) is 46.6 Å². The van der Waals surface area contributed by atoms with E-state index in [-0.39, 0.29) is 13.0 Å². The fourth-order valence-corrected chi connectivity index (χ4v) is 2.22. The van der Waals surface area contributed by atoms with Crippen molar-refractivity contribution in [1.29, 1.82) is 0 Å². The zero-order valence-electron chi connectivity index (χ0n) is 10.1.